The van der Waals surface area contributed by atoms with Crippen LogP contribution in [0, 0.1) is 6.92 Å². The number of benzene rings is 1. The van der Waals surface area contributed by atoms with Crippen LogP contribution in [-0.2, 0) is 0 Å². The van der Waals surface area contributed by atoms with Crippen LogP contribution in [0.25, 0.3) is 0 Å². The predicted molar refractivity (Wildman–Crippen MR) is 144 cm³/mol. The largest absolute Gasteiger partial charge is 0.395 e. The lowest BCUT2D eigenvalue weighted by molar-refractivity contribution is 0.103. The number of β-amino-alcohol motifs (C(OH)–C–C–N with tert-alkyl or cyclic N) is 1. The van der Waals surface area contributed by atoms with Crippen LogP contribution < -0.4 is 20.4 Å². The lowest BCUT2D eigenvalue weighted by Gasteiger charge is -2.34. The molecule has 4 rings (SSSR count). The summed E-state index contributed by atoms with van der Waals surface area (Å²) in [6.07, 6.45) is 1.51. The average molecular weight is 532 g/mol. The standard InChI is InChI=1S/C23H30ClN9O2S/c1-4-31(3)21-27-20(28-22(30-21)33-10-8-32(9-11-33)12-13-34)29-23-25-14-17(36-23)19(35)26-18-15(2)6-5-7-16(18)24/h5-7,14,34H,4,8-13H2,1-3H3,(H,26,35)(H,25,27,28,29,30). The third-order valence-corrected chi connectivity index (χ3v) is 7.13. The highest BCUT2D eigenvalue weighted by atomic mass is 35.5. The van der Waals surface area contributed by atoms with E-state index in [0.717, 1.165) is 38.3 Å². The number of carbonyl (C=O) groups is 1. The maximum atomic E-state index is 12.8. The summed E-state index contributed by atoms with van der Waals surface area (Å²) in [7, 11) is 1.92. The zero-order valence-electron chi connectivity index (χ0n) is 20.5. The number of halogens is 1. The van der Waals surface area contributed by atoms with E-state index < -0.39 is 0 Å². The average Bonchev–Trinajstić information content (AvgIpc) is 3.35. The quantitative estimate of drug-likeness (QED) is 0.380. The first kappa shape index (κ1) is 26.0. The van der Waals surface area contributed by atoms with Gasteiger partial charge in [-0.15, -0.1) is 0 Å². The van der Waals surface area contributed by atoms with Crippen LogP contribution in [0.3, 0.4) is 0 Å². The molecule has 0 spiro atoms. The first-order valence-electron chi connectivity index (χ1n) is 11.7. The molecule has 1 amide bonds. The number of nitrogens with zero attached hydrogens (tertiary/aromatic N) is 7. The first-order valence-corrected chi connectivity index (χ1v) is 12.9. The summed E-state index contributed by atoms with van der Waals surface area (Å²) in [5.74, 6) is 1.19. The van der Waals surface area contributed by atoms with Crippen molar-refractivity contribution < 1.29 is 9.90 Å². The van der Waals surface area contributed by atoms with Gasteiger partial charge in [0.1, 0.15) is 4.88 Å². The summed E-state index contributed by atoms with van der Waals surface area (Å²) >= 11 is 7.44. The Balaban J connectivity index is 1.50. The normalized spacial score (nSPS) is 14.1. The highest BCUT2D eigenvalue weighted by Crippen LogP contribution is 2.28. The van der Waals surface area contributed by atoms with E-state index in [9.17, 15) is 9.90 Å². The molecule has 1 fully saturated rings. The van der Waals surface area contributed by atoms with Gasteiger partial charge in [0.2, 0.25) is 17.8 Å². The Bertz CT molecular complexity index is 1180. The molecule has 192 valence electrons. The number of hydrogen-bond acceptors (Lipinski definition) is 11. The van der Waals surface area contributed by atoms with Gasteiger partial charge in [-0.1, -0.05) is 35.1 Å². The molecule has 1 saturated heterocycles. The van der Waals surface area contributed by atoms with Crippen LogP contribution in [0.4, 0.5) is 28.7 Å². The van der Waals surface area contributed by atoms with Gasteiger partial charge in [0.15, 0.2) is 5.13 Å². The van der Waals surface area contributed by atoms with E-state index in [1.807, 2.05) is 37.9 Å². The highest BCUT2D eigenvalue weighted by Gasteiger charge is 2.21. The molecule has 3 heterocycles. The third-order valence-electron chi connectivity index (χ3n) is 5.91. The number of piperazine rings is 1. The Morgan fingerprint density at radius 2 is 2.00 bits per heavy atom. The van der Waals surface area contributed by atoms with Crippen molar-refractivity contribution in [3.63, 3.8) is 0 Å². The zero-order valence-corrected chi connectivity index (χ0v) is 22.1. The van der Waals surface area contributed by atoms with Crippen molar-refractivity contribution in [1.82, 2.24) is 24.8 Å². The minimum Gasteiger partial charge on any atom is -0.395 e. The summed E-state index contributed by atoms with van der Waals surface area (Å²) in [5, 5.41) is 16.2. The monoisotopic (exact) mass is 531 g/mol. The van der Waals surface area contributed by atoms with Gasteiger partial charge in [0.25, 0.3) is 5.91 Å². The minimum absolute atomic E-state index is 0.150. The summed E-state index contributed by atoms with van der Waals surface area (Å²) < 4.78 is 0. The number of aliphatic hydroxyl groups excluding tert-OH is 1. The second kappa shape index (κ2) is 11.8. The Kier molecular flexibility index (Phi) is 8.52. The number of rotatable bonds is 9. The third kappa shape index (κ3) is 6.19. The molecule has 0 atom stereocenters. The van der Waals surface area contributed by atoms with Gasteiger partial charge in [0.05, 0.1) is 23.5 Å². The number of aromatic nitrogens is 4. The molecule has 36 heavy (non-hydrogen) atoms. The van der Waals surface area contributed by atoms with E-state index in [0.29, 0.717) is 45.1 Å². The van der Waals surface area contributed by atoms with Crippen LogP contribution in [0.1, 0.15) is 22.2 Å². The van der Waals surface area contributed by atoms with Gasteiger partial charge in [-0.05, 0) is 25.5 Å². The number of anilines is 5. The number of aliphatic hydroxyl groups is 1. The molecule has 1 aliphatic rings. The lowest BCUT2D eigenvalue weighted by atomic mass is 10.2. The van der Waals surface area contributed by atoms with E-state index in [2.05, 4.69) is 40.4 Å². The summed E-state index contributed by atoms with van der Waals surface area (Å²) in [5.41, 5.74) is 1.46. The van der Waals surface area contributed by atoms with Crippen LogP contribution in [-0.4, -0.2) is 88.8 Å². The van der Waals surface area contributed by atoms with Crippen molar-refractivity contribution in [1.29, 1.82) is 0 Å². The molecule has 0 aliphatic carbocycles. The number of amides is 1. The van der Waals surface area contributed by atoms with Gasteiger partial charge in [-0.25, -0.2) is 4.98 Å². The second-order valence-corrected chi connectivity index (χ2v) is 9.80. The molecule has 3 N–H and O–H groups in total. The van der Waals surface area contributed by atoms with E-state index in [-0.39, 0.29) is 12.5 Å². The van der Waals surface area contributed by atoms with E-state index in [4.69, 9.17) is 11.6 Å². The van der Waals surface area contributed by atoms with Crippen LogP contribution in [0.5, 0.6) is 0 Å². The van der Waals surface area contributed by atoms with E-state index in [1.54, 1.807) is 6.07 Å². The fraction of sp³-hybridized carbons (Fsp3) is 0.435. The van der Waals surface area contributed by atoms with Crippen molar-refractivity contribution in [2.75, 3.05) is 73.4 Å². The van der Waals surface area contributed by atoms with Crippen molar-refractivity contribution >= 4 is 57.5 Å². The van der Waals surface area contributed by atoms with Crippen molar-refractivity contribution in [3.8, 4) is 0 Å². The molecular weight excluding hydrogens is 502 g/mol. The molecule has 13 heteroatoms. The molecular formula is C23H30ClN9O2S. The Morgan fingerprint density at radius 1 is 1.22 bits per heavy atom. The van der Waals surface area contributed by atoms with Crippen molar-refractivity contribution in [2.45, 2.75) is 13.8 Å². The van der Waals surface area contributed by atoms with Crippen LogP contribution in [0.2, 0.25) is 5.02 Å². The zero-order chi connectivity index (χ0) is 25.7. The summed E-state index contributed by atoms with van der Waals surface area (Å²) in [6.45, 7) is 8.61. The molecule has 2 aromatic heterocycles. The van der Waals surface area contributed by atoms with Gasteiger partial charge in [-0.3, -0.25) is 15.0 Å². The van der Waals surface area contributed by atoms with Gasteiger partial charge >= 0.3 is 0 Å². The first-order chi connectivity index (χ1) is 17.4. The molecule has 1 aromatic carbocycles. The topological polar surface area (TPSA) is 123 Å². The number of carbonyl (C=O) groups excluding carboxylic acids is 1. The fourth-order valence-electron chi connectivity index (χ4n) is 3.67. The Hall–Kier alpha value is -3.06. The predicted octanol–water partition coefficient (Wildman–Crippen LogP) is 2.86. The summed E-state index contributed by atoms with van der Waals surface area (Å²) in [6, 6.07) is 5.46. The number of para-hydroxylation sites is 1. The summed E-state index contributed by atoms with van der Waals surface area (Å²) in [4.78, 5) is 37.7. The Morgan fingerprint density at radius 3 is 2.69 bits per heavy atom. The second-order valence-electron chi connectivity index (χ2n) is 8.37. The SMILES string of the molecule is CCN(C)c1nc(Nc2ncc(C(=O)Nc3c(C)cccc3Cl)s2)nc(N2CCN(CCO)CC2)n1. The lowest BCUT2D eigenvalue weighted by Crippen LogP contribution is -2.47. The van der Waals surface area contributed by atoms with Crippen molar-refractivity contribution in [2.24, 2.45) is 0 Å². The van der Waals surface area contributed by atoms with Gasteiger partial charge in [0, 0.05) is 46.3 Å². The van der Waals surface area contributed by atoms with E-state index >= 15 is 0 Å². The molecule has 0 bridgehead atoms. The van der Waals surface area contributed by atoms with E-state index in [1.165, 1.54) is 17.5 Å². The molecule has 0 radical (unpaired) electrons. The molecule has 1 aliphatic heterocycles. The number of aryl methyl sites for hydroxylation is 1. The van der Waals surface area contributed by atoms with Crippen LogP contribution >= 0.6 is 22.9 Å². The number of thiazole rings is 1. The molecule has 0 unspecified atom stereocenters. The molecule has 0 saturated carbocycles. The molecule has 3 aromatic rings. The maximum Gasteiger partial charge on any atom is 0.267 e. The van der Waals surface area contributed by atoms with Gasteiger partial charge in [-0.2, -0.15) is 15.0 Å². The Labute approximate surface area is 219 Å². The number of hydrogen-bond donors (Lipinski definition) is 3. The number of nitrogens with one attached hydrogen (secondary N) is 2. The van der Waals surface area contributed by atoms with Crippen molar-refractivity contribution in [3.05, 3.63) is 39.9 Å². The smallest absolute Gasteiger partial charge is 0.267 e. The fourth-order valence-corrected chi connectivity index (χ4v) is 4.65. The molecule has 11 nitrogen and oxygen atoms in total. The van der Waals surface area contributed by atoms with Crippen LogP contribution in [0.15, 0.2) is 24.4 Å². The highest BCUT2D eigenvalue weighted by molar-refractivity contribution is 7.17. The minimum atomic E-state index is -0.291. The van der Waals surface area contributed by atoms with Gasteiger partial charge < -0.3 is 20.2 Å². The maximum absolute atomic E-state index is 12.8.